The van der Waals surface area contributed by atoms with Crippen LogP contribution in [0.15, 0.2) is 11.6 Å². The SMILES string of the molecule is CC1=CC2CC1C1C(=O)N(CCC(=O)NCCOCCOCCOCCOCCOCCOCCOCCOCCC(=O)NC(C=O)C(C)C)C(=O)C21. The molecule has 0 aromatic carbocycles. The van der Waals surface area contributed by atoms with Crippen LogP contribution in [0.3, 0.4) is 0 Å². The van der Waals surface area contributed by atoms with Crippen molar-refractivity contribution in [2.75, 3.05) is 119 Å². The number of carbonyl (C=O) groups is 5. The third-order valence-electron chi connectivity index (χ3n) is 9.37. The van der Waals surface area contributed by atoms with Gasteiger partial charge in [-0.3, -0.25) is 24.1 Å². The van der Waals surface area contributed by atoms with Gasteiger partial charge >= 0.3 is 0 Å². The van der Waals surface area contributed by atoms with Gasteiger partial charge in [-0.25, -0.2) is 0 Å². The van der Waals surface area contributed by atoms with Gasteiger partial charge in [0.25, 0.3) is 0 Å². The maximum absolute atomic E-state index is 12.8. The van der Waals surface area contributed by atoms with Gasteiger partial charge in [0.2, 0.25) is 23.6 Å². The van der Waals surface area contributed by atoms with E-state index in [0.717, 1.165) is 12.7 Å². The number of carbonyl (C=O) groups excluding carboxylic acids is 5. The van der Waals surface area contributed by atoms with E-state index in [2.05, 4.69) is 16.7 Å². The lowest BCUT2D eigenvalue weighted by molar-refractivity contribution is -0.141. The summed E-state index contributed by atoms with van der Waals surface area (Å²) in [6, 6.07) is -0.474. The third kappa shape index (κ3) is 16.2. The number of aldehydes is 1. The van der Waals surface area contributed by atoms with Gasteiger partial charge in [-0.2, -0.15) is 0 Å². The summed E-state index contributed by atoms with van der Waals surface area (Å²) in [4.78, 5) is 61.9. The van der Waals surface area contributed by atoms with Crippen molar-refractivity contribution in [3.63, 3.8) is 0 Å². The van der Waals surface area contributed by atoms with Gasteiger partial charge in [-0.15, -0.1) is 0 Å². The number of allylic oxidation sites excluding steroid dienone is 2. The zero-order chi connectivity index (χ0) is 38.3. The summed E-state index contributed by atoms with van der Waals surface area (Å²) in [6.45, 7) is 12.8. The Morgan fingerprint density at radius 2 is 1.15 bits per heavy atom. The van der Waals surface area contributed by atoms with Crippen molar-refractivity contribution in [3.05, 3.63) is 11.6 Å². The van der Waals surface area contributed by atoms with Gasteiger partial charge in [0.05, 0.1) is 124 Å². The van der Waals surface area contributed by atoms with E-state index in [-0.39, 0.29) is 79.2 Å². The van der Waals surface area contributed by atoms with Crippen molar-refractivity contribution >= 4 is 29.9 Å². The highest BCUT2D eigenvalue weighted by molar-refractivity contribution is 6.06. The van der Waals surface area contributed by atoms with E-state index in [1.165, 1.54) is 10.5 Å². The molecule has 53 heavy (non-hydrogen) atoms. The molecule has 4 amide bonds. The highest BCUT2D eigenvalue weighted by Crippen LogP contribution is 2.55. The van der Waals surface area contributed by atoms with Crippen molar-refractivity contribution in [2.24, 2.45) is 29.6 Å². The molecule has 2 fully saturated rings. The zero-order valence-electron chi connectivity index (χ0n) is 31.7. The molecule has 0 aromatic heterocycles. The van der Waals surface area contributed by atoms with Crippen molar-refractivity contribution in [1.82, 2.24) is 15.5 Å². The number of nitrogens with zero attached hydrogens (tertiary/aromatic N) is 1. The van der Waals surface area contributed by atoms with Gasteiger partial charge in [-0.05, 0) is 31.1 Å². The van der Waals surface area contributed by atoms with E-state index in [0.29, 0.717) is 106 Å². The quantitative estimate of drug-likeness (QED) is 0.0410. The first-order valence-corrected chi connectivity index (χ1v) is 18.9. The fourth-order valence-electron chi connectivity index (χ4n) is 6.54. The molecule has 0 aromatic rings. The minimum atomic E-state index is -0.474. The van der Waals surface area contributed by atoms with Crippen LogP contribution in [0.1, 0.15) is 40.0 Å². The topological polar surface area (TPSA) is 186 Å². The van der Waals surface area contributed by atoms with E-state index < -0.39 is 6.04 Å². The summed E-state index contributed by atoms with van der Waals surface area (Å²) in [6.07, 6.45) is 4.07. The number of hydrogen-bond donors (Lipinski definition) is 2. The number of likely N-dealkylation sites (tertiary alicyclic amines) is 1. The van der Waals surface area contributed by atoms with Crippen LogP contribution >= 0.6 is 0 Å². The second kappa shape index (κ2) is 26.1. The highest BCUT2D eigenvalue weighted by Gasteiger charge is 2.60. The molecule has 16 heteroatoms. The van der Waals surface area contributed by atoms with E-state index in [1.807, 2.05) is 20.8 Å². The molecule has 1 saturated carbocycles. The van der Waals surface area contributed by atoms with Gasteiger partial charge < -0.3 is 53.3 Å². The second-order valence-corrected chi connectivity index (χ2v) is 13.5. The van der Waals surface area contributed by atoms with Crippen molar-refractivity contribution < 1.29 is 61.9 Å². The van der Waals surface area contributed by atoms with Crippen molar-refractivity contribution in [2.45, 2.75) is 46.1 Å². The summed E-state index contributed by atoms with van der Waals surface area (Å²) in [5.74, 6) is -0.743. The monoisotopic (exact) mass is 755 g/mol. The molecule has 5 atom stereocenters. The Labute approximate surface area is 313 Å². The fourth-order valence-corrected chi connectivity index (χ4v) is 6.54. The number of nitrogens with one attached hydrogen (secondary N) is 2. The molecule has 0 radical (unpaired) electrons. The van der Waals surface area contributed by atoms with Crippen LogP contribution in [0.4, 0.5) is 0 Å². The summed E-state index contributed by atoms with van der Waals surface area (Å²) < 4.78 is 43.6. The summed E-state index contributed by atoms with van der Waals surface area (Å²) in [7, 11) is 0. The Morgan fingerprint density at radius 1 is 0.698 bits per heavy atom. The number of fused-ring (bicyclic) bond motifs is 5. The van der Waals surface area contributed by atoms with E-state index in [4.69, 9.17) is 37.9 Å². The van der Waals surface area contributed by atoms with Crippen LogP contribution in [0.2, 0.25) is 0 Å². The lowest BCUT2D eigenvalue weighted by atomic mass is 9.82. The van der Waals surface area contributed by atoms with Gasteiger partial charge in [0.1, 0.15) is 6.29 Å². The van der Waals surface area contributed by atoms with Crippen LogP contribution in [0.25, 0.3) is 0 Å². The molecule has 2 bridgehead atoms. The predicted molar refractivity (Wildman–Crippen MR) is 191 cm³/mol. The lowest BCUT2D eigenvalue weighted by Gasteiger charge is -2.19. The largest absolute Gasteiger partial charge is 0.379 e. The molecular formula is C37H61N3O13. The van der Waals surface area contributed by atoms with Crippen LogP contribution in [0.5, 0.6) is 0 Å². The van der Waals surface area contributed by atoms with Gasteiger partial charge in [0, 0.05) is 25.9 Å². The first kappa shape index (κ1) is 44.6. The number of amides is 4. The molecular weight excluding hydrogens is 694 g/mol. The Balaban J connectivity index is 0.963. The van der Waals surface area contributed by atoms with Gasteiger partial charge in [-0.1, -0.05) is 25.5 Å². The predicted octanol–water partition coefficient (Wildman–Crippen LogP) is 0.553. The number of ether oxygens (including phenoxy) is 8. The average molecular weight is 756 g/mol. The maximum Gasteiger partial charge on any atom is 0.233 e. The molecule has 2 aliphatic carbocycles. The molecule has 1 heterocycles. The summed E-state index contributed by atoms with van der Waals surface area (Å²) >= 11 is 0. The normalized spacial score (nSPS) is 21.0. The molecule has 0 spiro atoms. The van der Waals surface area contributed by atoms with E-state index in [9.17, 15) is 24.0 Å². The van der Waals surface area contributed by atoms with Crippen LogP contribution in [0, 0.1) is 29.6 Å². The van der Waals surface area contributed by atoms with Crippen molar-refractivity contribution in [3.8, 4) is 0 Å². The summed E-state index contributed by atoms with van der Waals surface area (Å²) in [5.41, 5.74) is 1.21. The standard InChI is InChI=1S/C37H61N3O13/c1-27(2)31(26-41)39-33(43)5-8-46-10-12-48-14-16-50-18-20-52-22-23-53-21-19-51-17-15-49-13-11-47-9-6-38-32(42)4-7-40-36(44)34-29-24-28(3)30(25-29)35(34)37(40)45/h24,26-27,29-31,34-35H,4-23,25H2,1-3H3,(H,38,42)(H,39,43). The molecule has 2 N–H and O–H groups in total. The minimum Gasteiger partial charge on any atom is -0.379 e. The first-order valence-electron chi connectivity index (χ1n) is 18.9. The Morgan fingerprint density at radius 3 is 1.62 bits per heavy atom. The average Bonchev–Trinajstić information content (AvgIpc) is 3.78. The van der Waals surface area contributed by atoms with Crippen LogP contribution in [-0.4, -0.2) is 160 Å². The fraction of sp³-hybridized carbons (Fsp3) is 0.811. The molecule has 3 rings (SSSR count). The van der Waals surface area contributed by atoms with Crippen LogP contribution < -0.4 is 10.6 Å². The van der Waals surface area contributed by atoms with E-state index in [1.54, 1.807) is 0 Å². The Hall–Kier alpha value is -2.83. The number of rotatable bonds is 33. The van der Waals surface area contributed by atoms with E-state index >= 15 is 0 Å². The molecule has 3 aliphatic rings. The third-order valence-corrected chi connectivity index (χ3v) is 9.37. The lowest BCUT2D eigenvalue weighted by Crippen LogP contribution is -2.40. The maximum atomic E-state index is 12.8. The Bertz CT molecular complexity index is 1150. The van der Waals surface area contributed by atoms with Crippen molar-refractivity contribution in [1.29, 1.82) is 0 Å². The molecule has 1 aliphatic heterocycles. The second-order valence-electron chi connectivity index (χ2n) is 13.5. The zero-order valence-corrected chi connectivity index (χ0v) is 31.7. The minimum absolute atomic E-state index is 0.0498. The molecule has 5 unspecified atom stereocenters. The smallest absolute Gasteiger partial charge is 0.233 e. The molecule has 302 valence electrons. The Kier molecular flexibility index (Phi) is 21.9. The number of imide groups is 1. The first-order chi connectivity index (χ1) is 25.7. The highest BCUT2D eigenvalue weighted by atomic mass is 16.6. The molecule has 1 saturated heterocycles. The molecule has 16 nitrogen and oxygen atoms in total. The number of hydrogen-bond acceptors (Lipinski definition) is 13. The van der Waals surface area contributed by atoms with Gasteiger partial charge in [0.15, 0.2) is 0 Å². The summed E-state index contributed by atoms with van der Waals surface area (Å²) in [5, 5.41) is 5.44. The van der Waals surface area contributed by atoms with Crippen LogP contribution in [-0.2, 0) is 61.9 Å².